The Bertz CT molecular complexity index is 558. The van der Waals surface area contributed by atoms with Gasteiger partial charge in [-0.05, 0) is 6.07 Å². The molecule has 2 aromatic heterocycles. The SMILES string of the molecule is CN(C)c1ncc(NC(=O)COc2ncccn2)cn1. The first-order valence-electron chi connectivity index (χ1n) is 5.84. The number of carbonyl (C=O) groups is 1. The van der Waals surface area contributed by atoms with E-state index in [2.05, 4.69) is 25.3 Å². The third kappa shape index (κ3) is 3.87. The fraction of sp³-hybridized carbons (Fsp3) is 0.250. The lowest BCUT2D eigenvalue weighted by Crippen LogP contribution is -2.21. The molecule has 2 rings (SSSR count). The van der Waals surface area contributed by atoms with E-state index in [0.29, 0.717) is 11.6 Å². The fourth-order valence-electron chi connectivity index (χ4n) is 1.30. The van der Waals surface area contributed by atoms with Gasteiger partial charge in [-0.15, -0.1) is 0 Å². The summed E-state index contributed by atoms with van der Waals surface area (Å²) in [4.78, 5) is 29.3. The number of rotatable bonds is 5. The Morgan fingerprint density at radius 2 is 1.85 bits per heavy atom. The summed E-state index contributed by atoms with van der Waals surface area (Å²) in [6.45, 7) is -0.181. The third-order valence-corrected chi connectivity index (χ3v) is 2.20. The predicted octanol–water partition coefficient (Wildman–Crippen LogP) is 0.350. The number of hydrogen-bond acceptors (Lipinski definition) is 7. The molecule has 0 aromatic carbocycles. The quantitative estimate of drug-likeness (QED) is 0.840. The van der Waals surface area contributed by atoms with Gasteiger partial charge in [-0.1, -0.05) is 0 Å². The van der Waals surface area contributed by atoms with Crippen LogP contribution in [0.5, 0.6) is 6.01 Å². The summed E-state index contributed by atoms with van der Waals surface area (Å²) in [5, 5.41) is 2.62. The minimum atomic E-state index is -0.335. The summed E-state index contributed by atoms with van der Waals surface area (Å²) in [5.41, 5.74) is 0.498. The Kier molecular flexibility index (Phi) is 4.38. The standard InChI is InChI=1S/C12H14N6O2/c1-18(2)11-15-6-9(7-16-11)17-10(19)8-20-12-13-4-3-5-14-12/h3-7H,8H2,1-2H3,(H,17,19). The van der Waals surface area contributed by atoms with Crippen molar-refractivity contribution in [3.05, 3.63) is 30.9 Å². The molecule has 104 valence electrons. The lowest BCUT2D eigenvalue weighted by molar-refractivity contribution is -0.118. The van der Waals surface area contributed by atoms with Crippen molar-refractivity contribution < 1.29 is 9.53 Å². The van der Waals surface area contributed by atoms with E-state index in [-0.39, 0.29) is 18.5 Å². The van der Waals surface area contributed by atoms with Gasteiger partial charge in [0.05, 0.1) is 18.1 Å². The number of amides is 1. The molecule has 8 nitrogen and oxygen atoms in total. The van der Waals surface area contributed by atoms with E-state index in [4.69, 9.17) is 4.74 Å². The molecule has 0 aliphatic rings. The maximum atomic E-state index is 11.6. The predicted molar refractivity (Wildman–Crippen MR) is 72.5 cm³/mol. The molecule has 0 radical (unpaired) electrons. The van der Waals surface area contributed by atoms with Crippen LogP contribution in [-0.2, 0) is 4.79 Å². The summed E-state index contributed by atoms with van der Waals surface area (Å²) in [7, 11) is 3.67. The lowest BCUT2D eigenvalue weighted by Gasteiger charge is -2.10. The maximum absolute atomic E-state index is 11.6. The summed E-state index contributed by atoms with van der Waals surface area (Å²) in [6, 6.07) is 1.82. The van der Waals surface area contributed by atoms with Crippen LogP contribution < -0.4 is 15.0 Å². The van der Waals surface area contributed by atoms with Crippen LogP contribution in [0.25, 0.3) is 0 Å². The molecule has 8 heteroatoms. The average molecular weight is 274 g/mol. The van der Waals surface area contributed by atoms with Crippen LogP contribution in [0.2, 0.25) is 0 Å². The van der Waals surface area contributed by atoms with Crippen LogP contribution in [-0.4, -0.2) is 46.5 Å². The normalized spacial score (nSPS) is 9.90. The van der Waals surface area contributed by atoms with Crippen LogP contribution in [0.1, 0.15) is 0 Å². The van der Waals surface area contributed by atoms with Crippen molar-refractivity contribution in [3.63, 3.8) is 0 Å². The monoisotopic (exact) mass is 274 g/mol. The molecule has 0 fully saturated rings. The zero-order valence-corrected chi connectivity index (χ0v) is 11.1. The van der Waals surface area contributed by atoms with Gasteiger partial charge in [0.25, 0.3) is 5.91 Å². The van der Waals surface area contributed by atoms with Gasteiger partial charge in [0.15, 0.2) is 6.61 Å². The van der Waals surface area contributed by atoms with Crippen molar-refractivity contribution in [1.82, 2.24) is 19.9 Å². The highest BCUT2D eigenvalue weighted by Crippen LogP contribution is 2.07. The Balaban J connectivity index is 1.85. The van der Waals surface area contributed by atoms with Gasteiger partial charge in [-0.3, -0.25) is 4.79 Å². The number of ether oxygens (including phenoxy) is 1. The van der Waals surface area contributed by atoms with Crippen molar-refractivity contribution in [2.24, 2.45) is 0 Å². The van der Waals surface area contributed by atoms with Crippen molar-refractivity contribution in [2.75, 3.05) is 30.9 Å². The van der Waals surface area contributed by atoms with Crippen molar-refractivity contribution in [1.29, 1.82) is 0 Å². The van der Waals surface area contributed by atoms with Crippen molar-refractivity contribution in [2.45, 2.75) is 0 Å². The van der Waals surface area contributed by atoms with Gasteiger partial charge in [-0.2, -0.15) is 0 Å². The third-order valence-electron chi connectivity index (χ3n) is 2.20. The minimum Gasteiger partial charge on any atom is -0.453 e. The lowest BCUT2D eigenvalue weighted by atomic mass is 10.5. The first-order chi connectivity index (χ1) is 9.65. The molecule has 0 aliphatic carbocycles. The van der Waals surface area contributed by atoms with E-state index in [1.807, 2.05) is 14.1 Å². The zero-order valence-electron chi connectivity index (χ0n) is 11.1. The number of aromatic nitrogens is 4. The molecule has 2 aromatic rings. The van der Waals surface area contributed by atoms with Gasteiger partial charge in [-0.25, -0.2) is 19.9 Å². The van der Waals surface area contributed by atoms with Crippen molar-refractivity contribution >= 4 is 17.5 Å². The van der Waals surface area contributed by atoms with E-state index in [0.717, 1.165) is 0 Å². The smallest absolute Gasteiger partial charge is 0.316 e. The maximum Gasteiger partial charge on any atom is 0.316 e. The Hall–Kier alpha value is -2.77. The van der Waals surface area contributed by atoms with Gasteiger partial charge >= 0.3 is 6.01 Å². The molecule has 0 saturated heterocycles. The highest BCUT2D eigenvalue weighted by molar-refractivity contribution is 5.91. The Morgan fingerprint density at radius 3 is 2.45 bits per heavy atom. The molecule has 20 heavy (non-hydrogen) atoms. The van der Waals surface area contributed by atoms with Gasteiger partial charge in [0.2, 0.25) is 5.95 Å². The van der Waals surface area contributed by atoms with Crippen molar-refractivity contribution in [3.8, 4) is 6.01 Å². The average Bonchev–Trinajstić information content (AvgIpc) is 2.47. The molecule has 2 heterocycles. The molecule has 1 N–H and O–H groups in total. The van der Waals surface area contributed by atoms with E-state index in [1.54, 1.807) is 11.0 Å². The zero-order chi connectivity index (χ0) is 14.4. The topological polar surface area (TPSA) is 93.1 Å². The first kappa shape index (κ1) is 13.7. The van der Waals surface area contributed by atoms with Crippen LogP contribution >= 0.6 is 0 Å². The minimum absolute atomic E-state index is 0.154. The van der Waals surface area contributed by atoms with E-state index >= 15 is 0 Å². The molecule has 1 amide bonds. The second kappa shape index (κ2) is 6.41. The van der Waals surface area contributed by atoms with Crippen LogP contribution in [0.15, 0.2) is 30.9 Å². The highest BCUT2D eigenvalue weighted by atomic mass is 16.5. The van der Waals surface area contributed by atoms with Gasteiger partial charge in [0, 0.05) is 26.5 Å². The van der Waals surface area contributed by atoms with E-state index in [9.17, 15) is 4.79 Å². The number of nitrogens with one attached hydrogen (secondary N) is 1. The molecule has 0 atom stereocenters. The molecule has 0 spiro atoms. The van der Waals surface area contributed by atoms with Gasteiger partial charge in [0.1, 0.15) is 0 Å². The summed E-state index contributed by atoms with van der Waals surface area (Å²) < 4.78 is 5.12. The molecule has 0 saturated carbocycles. The molecule has 0 bridgehead atoms. The highest BCUT2D eigenvalue weighted by Gasteiger charge is 2.06. The molecule has 0 aliphatic heterocycles. The number of carbonyl (C=O) groups excluding carboxylic acids is 1. The number of nitrogens with zero attached hydrogens (tertiary/aromatic N) is 5. The van der Waals surface area contributed by atoms with Crippen LogP contribution in [0.3, 0.4) is 0 Å². The van der Waals surface area contributed by atoms with E-state index in [1.165, 1.54) is 24.8 Å². The van der Waals surface area contributed by atoms with E-state index < -0.39 is 0 Å². The number of hydrogen-bond donors (Lipinski definition) is 1. The summed E-state index contributed by atoms with van der Waals surface area (Å²) >= 11 is 0. The number of anilines is 2. The largest absolute Gasteiger partial charge is 0.453 e. The summed E-state index contributed by atoms with van der Waals surface area (Å²) in [6.07, 6.45) is 6.13. The molecular formula is C12H14N6O2. The second-order valence-electron chi connectivity index (χ2n) is 4.03. The summed E-state index contributed by atoms with van der Waals surface area (Å²) in [5.74, 6) is 0.232. The second-order valence-corrected chi connectivity index (χ2v) is 4.03. The Morgan fingerprint density at radius 1 is 1.20 bits per heavy atom. The molecular weight excluding hydrogens is 260 g/mol. The van der Waals surface area contributed by atoms with Crippen LogP contribution in [0.4, 0.5) is 11.6 Å². The van der Waals surface area contributed by atoms with Gasteiger partial charge < -0.3 is 15.0 Å². The molecule has 0 unspecified atom stereocenters. The Labute approximate surface area is 115 Å². The van der Waals surface area contributed by atoms with Crippen LogP contribution in [0, 0.1) is 0 Å². The fourth-order valence-corrected chi connectivity index (χ4v) is 1.30. The first-order valence-corrected chi connectivity index (χ1v) is 5.84.